The molecule has 0 bridgehead atoms. The van der Waals surface area contributed by atoms with Crippen LogP contribution < -0.4 is 9.47 Å². The first-order chi connectivity index (χ1) is 14.1. The largest absolute Gasteiger partial charge is 0.496 e. The predicted molar refractivity (Wildman–Crippen MR) is 114 cm³/mol. The molecule has 0 fully saturated rings. The highest BCUT2D eigenvalue weighted by atomic mass is 32.2. The van der Waals surface area contributed by atoms with Crippen molar-refractivity contribution in [1.29, 1.82) is 0 Å². The number of rotatable bonds is 12. The topological polar surface area (TPSA) is 64.6 Å². The Hall–Kier alpha value is -1.46. The molecule has 2 aromatic rings. The summed E-state index contributed by atoms with van der Waals surface area (Å²) in [6, 6.07) is 14.8. The molecule has 160 valence electrons. The van der Waals surface area contributed by atoms with E-state index in [2.05, 4.69) is 0 Å². The lowest BCUT2D eigenvalue weighted by Gasteiger charge is -2.33. The van der Waals surface area contributed by atoms with E-state index in [1.807, 2.05) is 48.5 Å². The maximum atomic E-state index is 5.86. The van der Waals surface area contributed by atoms with Gasteiger partial charge in [0.2, 0.25) is 0 Å². The molecule has 7 nitrogen and oxygen atoms in total. The van der Waals surface area contributed by atoms with Gasteiger partial charge in [-0.2, -0.15) is 0 Å². The van der Waals surface area contributed by atoms with Gasteiger partial charge in [-0.3, -0.25) is 0 Å². The molecule has 2 aromatic carbocycles. The molecule has 0 saturated heterocycles. The van der Waals surface area contributed by atoms with Gasteiger partial charge in [-0.25, -0.2) is 3.63 Å². The summed E-state index contributed by atoms with van der Waals surface area (Å²) in [6.45, 7) is 0. The quantitative estimate of drug-likeness (QED) is 0.348. The van der Waals surface area contributed by atoms with Gasteiger partial charge < -0.3 is 28.4 Å². The number of ether oxygens (including phenoxy) is 6. The Morgan fingerprint density at radius 2 is 0.897 bits per heavy atom. The van der Waals surface area contributed by atoms with Gasteiger partial charge in [-0.1, -0.05) is 24.3 Å². The van der Waals surface area contributed by atoms with Gasteiger partial charge in [0.15, 0.2) is 0 Å². The average molecular weight is 443 g/mol. The first-order valence-electron chi connectivity index (χ1n) is 8.57. The molecule has 0 aliphatic heterocycles. The predicted octanol–water partition coefficient (Wildman–Crippen LogP) is 4.52. The normalized spacial score (nSPS) is 12.1. The van der Waals surface area contributed by atoms with Gasteiger partial charge in [-0.15, -0.1) is 0 Å². The highest BCUT2D eigenvalue weighted by Gasteiger charge is 2.42. The summed E-state index contributed by atoms with van der Waals surface area (Å²) >= 11 is 1.91. The summed E-state index contributed by atoms with van der Waals surface area (Å²) < 4.78 is 39.4. The van der Waals surface area contributed by atoms with Crippen molar-refractivity contribution >= 4 is 24.1 Å². The molecule has 0 atom stereocenters. The van der Waals surface area contributed by atoms with Crippen LogP contribution in [0.2, 0.25) is 0 Å². The highest BCUT2D eigenvalue weighted by molar-refractivity contribution is 8.08. The van der Waals surface area contributed by atoms with Gasteiger partial charge in [0, 0.05) is 28.4 Å². The zero-order chi connectivity index (χ0) is 21.3. The Balaban J connectivity index is 2.29. The SMILES string of the molecule is COc1ccccc1C(OC)(OC)SOSC(OC)(OC)c1ccccc1OC. The summed E-state index contributed by atoms with van der Waals surface area (Å²) in [7, 11) is 9.26. The van der Waals surface area contributed by atoms with E-state index in [4.69, 9.17) is 32.1 Å². The van der Waals surface area contributed by atoms with Crippen LogP contribution >= 0.6 is 24.1 Å². The molecule has 0 aliphatic rings. The smallest absolute Gasteiger partial charge is 0.275 e. The van der Waals surface area contributed by atoms with Crippen LogP contribution in [0.5, 0.6) is 11.5 Å². The molecule has 9 heteroatoms. The van der Waals surface area contributed by atoms with Crippen LogP contribution in [-0.2, 0) is 32.8 Å². The molecule has 0 spiro atoms. The van der Waals surface area contributed by atoms with E-state index in [-0.39, 0.29) is 0 Å². The van der Waals surface area contributed by atoms with E-state index in [1.165, 1.54) is 28.4 Å². The minimum absolute atomic E-state index is 0.603. The van der Waals surface area contributed by atoms with Crippen molar-refractivity contribution < 1.29 is 32.1 Å². The fourth-order valence-corrected chi connectivity index (χ4v) is 4.38. The van der Waals surface area contributed by atoms with Crippen LogP contribution in [-0.4, -0.2) is 42.7 Å². The molecule has 0 radical (unpaired) electrons. The lowest BCUT2D eigenvalue weighted by Crippen LogP contribution is -2.30. The van der Waals surface area contributed by atoms with Crippen LogP contribution in [0.25, 0.3) is 0 Å². The third-order valence-electron chi connectivity index (χ3n) is 4.24. The van der Waals surface area contributed by atoms with Crippen molar-refractivity contribution in [3.8, 4) is 11.5 Å². The first kappa shape index (κ1) is 23.8. The number of hydrogen-bond acceptors (Lipinski definition) is 9. The van der Waals surface area contributed by atoms with Gasteiger partial charge in [-0.05, 0) is 24.3 Å². The van der Waals surface area contributed by atoms with Crippen LogP contribution in [0.4, 0.5) is 0 Å². The summed E-state index contributed by atoms with van der Waals surface area (Å²) in [4.78, 5) is 0. The highest BCUT2D eigenvalue weighted by Crippen LogP contribution is 2.49. The molecular weight excluding hydrogens is 416 g/mol. The molecular formula is C20H26O7S2. The Labute approximate surface area is 180 Å². The molecule has 29 heavy (non-hydrogen) atoms. The van der Waals surface area contributed by atoms with Crippen molar-refractivity contribution in [3.63, 3.8) is 0 Å². The van der Waals surface area contributed by atoms with E-state index in [0.29, 0.717) is 22.6 Å². The molecule has 0 N–H and O–H groups in total. The molecule has 0 heterocycles. The molecule has 0 saturated carbocycles. The fraction of sp³-hybridized carbons (Fsp3) is 0.400. The molecule has 0 aliphatic carbocycles. The van der Waals surface area contributed by atoms with E-state index in [9.17, 15) is 0 Å². The second kappa shape index (κ2) is 11.1. The standard InChI is InChI=1S/C20H26O7S2/c1-21-17-13-9-7-11-15(17)19(23-3,24-4)28-27-29-20(25-5,26-6)16-12-8-10-14-18(16)22-2/h7-14H,1-6H3. The zero-order valence-corrected chi connectivity index (χ0v) is 18.9. The van der Waals surface area contributed by atoms with Gasteiger partial charge >= 0.3 is 0 Å². The van der Waals surface area contributed by atoms with E-state index in [0.717, 1.165) is 24.1 Å². The summed E-state index contributed by atoms with van der Waals surface area (Å²) in [6.07, 6.45) is 0. The summed E-state index contributed by atoms with van der Waals surface area (Å²) in [5, 5.41) is -2.54. The van der Waals surface area contributed by atoms with Crippen LogP contribution in [0.1, 0.15) is 11.1 Å². The van der Waals surface area contributed by atoms with Crippen molar-refractivity contribution in [1.82, 2.24) is 0 Å². The molecule has 0 aromatic heterocycles. The van der Waals surface area contributed by atoms with Gasteiger partial charge in [0.25, 0.3) is 10.2 Å². The Morgan fingerprint density at radius 3 is 1.21 bits per heavy atom. The fourth-order valence-electron chi connectivity index (χ4n) is 2.73. The van der Waals surface area contributed by atoms with Crippen molar-refractivity contribution in [2.24, 2.45) is 0 Å². The lowest BCUT2D eigenvalue weighted by atomic mass is 10.2. The van der Waals surface area contributed by atoms with Crippen molar-refractivity contribution in [2.45, 2.75) is 10.2 Å². The van der Waals surface area contributed by atoms with E-state index >= 15 is 0 Å². The second-order valence-electron chi connectivity index (χ2n) is 5.56. The summed E-state index contributed by atoms with van der Waals surface area (Å²) in [5.74, 6) is 1.21. The van der Waals surface area contributed by atoms with Gasteiger partial charge in [0.1, 0.15) is 11.5 Å². The summed E-state index contributed by atoms with van der Waals surface area (Å²) in [5.41, 5.74) is 1.33. The monoisotopic (exact) mass is 442 g/mol. The molecule has 2 rings (SSSR count). The van der Waals surface area contributed by atoms with Crippen LogP contribution in [0.3, 0.4) is 0 Å². The number of para-hydroxylation sites is 2. The van der Waals surface area contributed by atoms with Gasteiger partial charge in [0.05, 0.1) is 49.4 Å². The minimum Gasteiger partial charge on any atom is -0.496 e. The minimum atomic E-state index is -1.27. The molecule has 0 amide bonds. The first-order valence-corrected chi connectivity index (χ1v) is 10.1. The van der Waals surface area contributed by atoms with Crippen molar-refractivity contribution in [2.75, 3.05) is 42.7 Å². The molecule has 0 unspecified atom stereocenters. The van der Waals surface area contributed by atoms with Crippen molar-refractivity contribution in [3.05, 3.63) is 59.7 Å². The Kier molecular flexibility index (Phi) is 9.09. The zero-order valence-electron chi connectivity index (χ0n) is 17.3. The number of benzene rings is 2. The lowest BCUT2D eigenvalue weighted by molar-refractivity contribution is -0.147. The second-order valence-corrected chi connectivity index (χ2v) is 7.52. The van der Waals surface area contributed by atoms with Crippen LogP contribution in [0.15, 0.2) is 48.5 Å². The third kappa shape index (κ3) is 5.00. The maximum absolute atomic E-state index is 5.86. The average Bonchev–Trinajstić information content (AvgIpc) is 2.80. The van der Waals surface area contributed by atoms with E-state index < -0.39 is 10.2 Å². The third-order valence-corrected chi connectivity index (χ3v) is 6.33. The maximum Gasteiger partial charge on any atom is 0.275 e. The Bertz CT molecular complexity index is 700. The van der Waals surface area contributed by atoms with Crippen LogP contribution in [0, 0.1) is 0 Å². The number of hydrogen-bond donors (Lipinski definition) is 0. The van der Waals surface area contributed by atoms with E-state index in [1.54, 1.807) is 14.2 Å². The Morgan fingerprint density at radius 1 is 0.552 bits per heavy atom. The number of methoxy groups -OCH3 is 6.